The average Bonchev–Trinajstić information content (AvgIpc) is 2.41. The Labute approximate surface area is 125 Å². The Hall–Kier alpha value is -0.820. The van der Waals surface area contributed by atoms with Gasteiger partial charge in [0.05, 0.1) is 0 Å². The minimum Gasteiger partial charge on any atom is -0.311 e. The van der Waals surface area contributed by atoms with Crippen LogP contribution in [0.3, 0.4) is 0 Å². The first-order chi connectivity index (χ1) is 9.58. The molecule has 0 radical (unpaired) electrons. The Kier molecular flexibility index (Phi) is 5.65. The molecule has 0 aromatic heterocycles. The molecular formula is C19H31N. The van der Waals surface area contributed by atoms with Crippen molar-refractivity contribution in [3.8, 4) is 0 Å². The number of rotatable bonds is 5. The van der Waals surface area contributed by atoms with Crippen LogP contribution in [0, 0.1) is 18.8 Å². The van der Waals surface area contributed by atoms with Crippen molar-refractivity contribution in [1.82, 2.24) is 5.32 Å². The summed E-state index contributed by atoms with van der Waals surface area (Å²) in [6.45, 7) is 9.34. The van der Waals surface area contributed by atoms with Gasteiger partial charge in [0.2, 0.25) is 0 Å². The highest BCUT2D eigenvalue weighted by molar-refractivity contribution is 5.26. The molecule has 2 rings (SSSR count). The van der Waals surface area contributed by atoms with Crippen molar-refractivity contribution in [3.05, 3.63) is 35.4 Å². The van der Waals surface area contributed by atoms with E-state index in [0.717, 1.165) is 24.3 Å². The Morgan fingerprint density at radius 1 is 1.10 bits per heavy atom. The van der Waals surface area contributed by atoms with Crippen molar-refractivity contribution in [2.24, 2.45) is 11.8 Å². The molecule has 1 aromatic carbocycles. The van der Waals surface area contributed by atoms with E-state index in [0.29, 0.717) is 6.04 Å². The van der Waals surface area contributed by atoms with Crippen LogP contribution in [-0.4, -0.2) is 12.1 Å². The van der Waals surface area contributed by atoms with Crippen LogP contribution in [0.2, 0.25) is 0 Å². The van der Waals surface area contributed by atoms with E-state index in [1.807, 2.05) is 0 Å². The zero-order valence-electron chi connectivity index (χ0n) is 13.7. The number of aryl methyl sites for hydroxylation is 1. The first-order valence-electron chi connectivity index (χ1n) is 8.38. The molecule has 20 heavy (non-hydrogen) atoms. The summed E-state index contributed by atoms with van der Waals surface area (Å²) in [5.41, 5.74) is 2.91. The van der Waals surface area contributed by atoms with E-state index in [9.17, 15) is 0 Å². The Morgan fingerprint density at radius 3 is 2.50 bits per heavy atom. The minimum absolute atomic E-state index is 0.570. The molecular weight excluding hydrogens is 242 g/mol. The second-order valence-electron chi connectivity index (χ2n) is 7.00. The molecule has 1 nitrogen and oxygen atoms in total. The van der Waals surface area contributed by atoms with Gasteiger partial charge in [-0.2, -0.15) is 0 Å². The van der Waals surface area contributed by atoms with Crippen LogP contribution in [-0.2, 0) is 6.42 Å². The summed E-state index contributed by atoms with van der Waals surface area (Å²) < 4.78 is 0. The van der Waals surface area contributed by atoms with Gasteiger partial charge in [-0.15, -0.1) is 0 Å². The van der Waals surface area contributed by atoms with Gasteiger partial charge in [-0.25, -0.2) is 0 Å². The van der Waals surface area contributed by atoms with Crippen molar-refractivity contribution >= 4 is 0 Å². The highest BCUT2D eigenvalue weighted by Gasteiger charge is 2.28. The Bertz CT molecular complexity index is 410. The van der Waals surface area contributed by atoms with Crippen molar-refractivity contribution in [2.75, 3.05) is 0 Å². The summed E-state index contributed by atoms with van der Waals surface area (Å²) in [6, 6.07) is 10.1. The Balaban J connectivity index is 1.93. The molecule has 1 aliphatic carbocycles. The van der Waals surface area contributed by atoms with Crippen LogP contribution >= 0.6 is 0 Å². The van der Waals surface area contributed by atoms with E-state index in [4.69, 9.17) is 0 Å². The zero-order valence-corrected chi connectivity index (χ0v) is 13.7. The van der Waals surface area contributed by atoms with Gasteiger partial charge >= 0.3 is 0 Å². The van der Waals surface area contributed by atoms with Crippen LogP contribution in [0.5, 0.6) is 0 Å². The fraction of sp³-hybridized carbons (Fsp3) is 0.684. The smallest absolute Gasteiger partial charge is 0.0100 e. The minimum atomic E-state index is 0.570. The third kappa shape index (κ3) is 4.09. The lowest BCUT2D eigenvalue weighted by Gasteiger charge is -2.37. The fourth-order valence-electron chi connectivity index (χ4n) is 3.76. The molecule has 0 spiro atoms. The highest BCUT2D eigenvalue weighted by atomic mass is 15.0. The number of nitrogens with one attached hydrogen (secondary N) is 1. The maximum absolute atomic E-state index is 3.93. The zero-order chi connectivity index (χ0) is 14.5. The molecule has 0 saturated heterocycles. The van der Waals surface area contributed by atoms with E-state index in [1.165, 1.54) is 36.8 Å². The number of benzene rings is 1. The van der Waals surface area contributed by atoms with Gasteiger partial charge < -0.3 is 5.32 Å². The normalized spacial score (nSPS) is 24.9. The van der Waals surface area contributed by atoms with Crippen LogP contribution in [0.4, 0.5) is 0 Å². The summed E-state index contributed by atoms with van der Waals surface area (Å²) in [5.74, 6) is 1.67. The van der Waals surface area contributed by atoms with Crippen LogP contribution in [0.15, 0.2) is 24.3 Å². The van der Waals surface area contributed by atoms with Crippen molar-refractivity contribution in [2.45, 2.75) is 71.9 Å². The lowest BCUT2D eigenvalue weighted by Crippen LogP contribution is -2.45. The predicted octanol–water partition coefficient (Wildman–Crippen LogP) is 4.73. The second-order valence-corrected chi connectivity index (χ2v) is 7.00. The van der Waals surface area contributed by atoms with Gasteiger partial charge in [0, 0.05) is 12.1 Å². The molecule has 0 bridgehead atoms. The molecule has 0 amide bonds. The van der Waals surface area contributed by atoms with E-state index < -0.39 is 0 Å². The van der Waals surface area contributed by atoms with Gasteiger partial charge in [0.25, 0.3) is 0 Å². The van der Waals surface area contributed by atoms with Gasteiger partial charge in [0.1, 0.15) is 0 Å². The first-order valence-corrected chi connectivity index (χ1v) is 8.38. The maximum Gasteiger partial charge on any atom is 0.0100 e. The number of hydrogen-bond acceptors (Lipinski definition) is 1. The molecule has 1 heteroatoms. The van der Waals surface area contributed by atoms with Crippen LogP contribution in [0.1, 0.15) is 57.6 Å². The van der Waals surface area contributed by atoms with Crippen LogP contribution < -0.4 is 5.32 Å². The van der Waals surface area contributed by atoms with E-state index >= 15 is 0 Å². The summed E-state index contributed by atoms with van der Waals surface area (Å²) >= 11 is 0. The van der Waals surface area contributed by atoms with Gasteiger partial charge in [0.15, 0.2) is 0 Å². The molecule has 0 heterocycles. The van der Waals surface area contributed by atoms with Gasteiger partial charge in [-0.1, -0.05) is 51.0 Å². The highest BCUT2D eigenvalue weighted by Crippen LogP contribution is 2.30. The topological polar surface area (TPSA) is 12.0 Å². The molecule has 1 N–H and O–H groups in total. The summed E-state index contributed by atoms with van der Waals surface area (Å²) in [6.07, 6.45) is 6.74. The monoisotopic (exact) mass is 273 g/mol. The van der Waals surface area contributed by atoms with E-state index in [-0.39, 0.29) is 0 Å². The molecule has 1 aliphatic rings. The van der Waals surface area contributed by atoms with E-state index in [1.54, 1.807) is 0 Å². The van der Waals surface area contributed by atoms with Crippen molar-refractivity contribution in [3.63, 3.8) is 0 Å². The Morgan fingerprint density at radius 2 is 1.80 bits per heavy atom. The molecule has 1 saturated carbocycles. The SMILES string of the molecule is Cc1ccccc1CC(C)NC1CCCCC1C(C)C. The number of hydrogen-bond donors (Lipinski definition) is 1. The third-order valence-corrected chi connectivity index (χ3v) is 4.96. The molecule has 3 atom stereocenters. The maximum atomic E-state index is 3.93. The average molecular weight is 273 g/mol. The molecule has 1 aromatic rings. The van der Waals surface area contributed by atoms with Crippen LogP contribution in [0.25, 0.3) is 0 Å². The standard InChI is InChI=1S/C19H31N/c1-14(2)18-11-7-8-12-19(18)20-16(4)13-17-10-6-5-9-15(17)3/h5-6,9-10,14,16,18-20H,7-8,11-13H2,1-4H3. The summed E-state index contributed by atoms with van der Waals surface area (Å²) in [7, 11) is 0. The lowest BCUT2D eigenvalue weighted by molar-refractivity contribution is 0.194. The fourth-order valence-corrected chi connectivity index (χ4v) is 3.76. The quantitative estimate of drug-likeness (QED) is 0.817. The summed E-state index contributed by atoms with van der Waals surface area (Å²) in [4.78, 5) is 0. The molecule has 112 valence electrons. The van der Waals surface area contributed by atoms with Gasteiger partial charge in [-0.3, -0.25) is 0 Å². The molecule has 1 fully saturated rings. The van der Waals surface area contributed by atoms with E-state index in [2.05, 4.69) is 57.3 Å². The molecule has 3 unspecified atom stereocenters. The van der Waals surface area contributed by atoms with Crippen molar-refractivity contribution in [1.29, 1.82) is 0 Å². The largest absolute Gasteiger partial charge is 0.311 e. The lowest BCUT2D eigenvalue weighted by atomic mass is 9.77. The third-order valence-electron chi connectivity index (χ3n) is 4.96. The second kappa shape index (κ2) is 7.26. The van der Waals surface area contributed by atoms with Gasteiger partial charge in [-0.05, 0) is 56.1 Å². The first kappa shape index (κ1) is 15.6. The van der Waals surface area contributed by atoms with Crippen molar-refractivity contribution < 1.29 is 0 Å². The molecule has 0 aliphatic heterocycles. The summed E-state index contributed by atoms with van der Waals surface area (Å²) in [5, 5.41) is 3.93. The predicted molar refractivity (Wildman–Crippen MR) is 88.1 cm³/mol.